The van der Waals surface area contributed by atoms with E-state index in [2.05, 4.69) is 0 Å². The molecular weight excluding hydrogens is 484 g/mol. The van der Waals surface area contributed by atoms with Crippen LogP contribution >= 0.6 is 0 Å². The van der Waals surface area contributed by atoms with Crippen LogP contribution in [0.3, 0.4) is 0 Å². The van der Waals surface area contributed by atoms with Crippen LogP contribution in [0, 0.1) is 6.92 Å². The molecule has 8 nitrogen and oxygen atoms in total. The molecule has 0 spiro atoms. The molecule has 0 bridgehead atoms. The second-order valence-corrected chi connectivity index (χ2v) is 10.4. The van der Waals surface area contributed by atoms with Gasteiger partial charge in [0, 0.05) is 11.1 Å². The predicted molar refractivity (Wildman–Crippen MR) is 129 cm³/mol. The summed E-state index contributed by atoms with van der Waals surface area (Å²) in [6.45, 7) is 1.26. The van der Waals surface area contributed by atoms with Gasteiger partial charge in [0.15, 0.2) is 12.6 Å². The Kier molecular flexibility index (Phi) is 7.49. The molecule has 3 aromatic rings. The summed E-state index contributed by atoms with van der Waals surface area (Å²) >= 11 is 0. The van der Waals surface area contributed by atoms with Crippen LogP contribution in [-0.4, -0.2) is 51.2 Å². The van der Waals surface area contributed by atoms with Crippen LogP contribution in [-0.2, 0) is 33.2 Å². The standard InChI is InChI=1S/C27H28O8S/c1-18-12-14-21(15-13-18)36(29,30)31-17-23-25-24(34-27(33-23)20-10-6-3-7-11-20)22(16-28)32-26(35-25)19-8-4-2-5-9-19/h2-15,22-28H,16-17H2,1H3. The van der Waals surface area contributed by atoms with E-state index in [-0.39, 0.29) is 18.1 Å². The van der Waals surface area contributed by atoms with Crippen LogP contribution in [0.4, 0.5) is 0 Å². The lowest BCUT2D eigenvalue weighted by molar-refractivity contribution is -0.386. The average molecular weight is 513 g/mol. The first-order valence-corrected chi connectivity index (χ1v) is 13.1. The fourth-order valence-electron chi connectivity index (χ4n) is 4.32. The van der Waals surface area contributed by atoms with E-state index in [4.69, 9.17) is 23.1 Å². The molecule has 6 atom stereocenters. The summed E-state index contributed by atoms with van der Waals surface area (Å²) in [7, 11) is -4.04. The van der Waals surface area contributed by atoms with Crippen molar-refractivity contribution in [1.29, 1.82) is 0 Å². The van der Waals surface area contributed by atoms with Crippen LogP contribution in [0.1, 0.15) is 29.3 Å². The number of aliphatic hydroxyl groups is 1. The molecule has 2 aliphatic rings. The van der Waals surface area contributed by atoms with Gasteiger partial charge in [0.2, 0.25) is 0 Å². The fourth-order valence-corrected chi connectivity index (χ4v) is 5.24. The van der Waals surface area contributed by atoms with Crippen molar-refractivity contribution >= 4 is 10.1 Å². The minimum atomic E-state index is -4.04. The third kappa shape index (κ3) is 5.37. The predicted octanol–water partition coefficient (Wildman–Crippen LogP) is 3.66. The van der Waals surface area contributed by atoms with E-state index in [1.807, 2.05) is 67.6 Å². The fraction of sp³-hybridized carbons (Fsp3) is 0.333. The molecule has 0 aromatic heterocycles. The maximum atomic E-state index is 12.9. The molecule has 3 aromatic carbocycles. The Morgan fingerprint density at radius 3 is 1.75 bits per heavy atom. The molecule has 6 unspecified atom stereocenters. The summed E-state index contributed by atoms with van der Waals surface area (Å²) in [6.07, 6.45) is -4.63. The van der Waals surface area contributed by atoms with Gasteiger partial charge in [-0.25, -0.2) is 0 Å². The molecule has 2 fully saturated rings. The van der Waals surface area contributed by atoms with Gasteiger partial charge in [-0.15, -0.1) is 0 Å². The lowest BCUT2D eigenvalue weighted by Crippen LogP contribution is -2.60. The van der Waals surface area contributed by atoms with E-state index in [9.17, 15) is 13.5 Å². The van der Waals surface area contributed by atoms with E-state index in [0.29, 0.717) is 0 Å². The smallest absolute Gasteiger partial charge is 0.297 e. The first-order chi connectivity index (χ1) is 17.4. The molecule has 1 N–H and O–H groups in total. The third-order valence-corrected chi connectivity index (χ3v) is 7.53. The molecule has 2 heterocycles. The second-order valence-electron chi connectivity index (χ2n) is 8.77. The molecule has 0 saturated carbocycles. The Morgan fingerprint density at radius 2 is 1.22 bits per heavy atom. The molecular formula is C27H28O8S. The topological polar surface area (TPSA) is 101 Å². The summed E-state index contributed by atoms with van der Waals surface area (Å²) in [5.74, 6) is 0. The minimum absolute atomic E-state index is 0.0552. The first-order valence-electron chi connectivity index (χ1n) is 11.7. The Labute approximate surface area is 210 Å². The molecule has 9 heteroatoms. The van der Waals surface area contributed by atoms with Gasteiger partial charge in [0.25, 0.3) is 10.1 Å². The summed E-state index contributed by atoms with van der Waals surface area (Å²) in [5.41, 5.74) is 2.43. The van der Waals surface area contributed by atoms with E-state index in [1.165, 1.54) is 12.1 Å². The summed E-state index contributed by atoms with van der Waals surface area (Å²) in [5, 5.41) is 10.1. The maximum absolute atomic E-state index is 12.9. The summed E-state index contributed by atoms with van der Waals surface area (Å²) in [6, 6.07) is 25.0. The van der Waals surface area contributed by atoms with E-state index in [0.717, 1.165) is 16.7 Å². The molecule has 0 radical (unpaired) electrons. The highest BCUT2D eigenvalue weighted by Crippen LogP contribution is 2.40. The monoisotopic (exact) mass is 512 g/mol. The molecule has 2 aliphatic heterocycles. The number of rotatable bonds is 7. The van der Waals surface area contributed by atoms with Crippen molar-refractivity contribution in [2.24, 2.45) is 0 Å². The van der Waals surface area contributed by atoms with Crippen molar-refractivity contribution in [3.05, 3.63) is 102 Å². The van der Waals surface area contributed by atoms with Crippen molar-refractivity contribution in [1.82, 2.24) is 0 Å². The number of hydrogen-bond acceptors (Lipinski definition) is 8. The van der Waals surface area contributed by atoms with Crippen LogP contribution in [0.25, 0.3) is 0 Å². The number of aryl methyl sites for hydroxylation is 1. The lowest BCUT2D eigenvalue weighted by Gasteiger charge is -2.48. The van der Waals surface area contributed by atoms with Gasteiger partial charge in [-0.2, -0.15) is 8.42 Å². The lowest BCUT2D eigenvalue weighted by atomic mass is 9.99. The van der Waals surface area contributed by atoms with Gasteiger partial charge >= 0.3 is 0 Å². The van der Waals surface area contributed by atoms with Gasteiger partial charge in [-0.05, 0) is 19.1 Å². The van der Waals surface area contributed by atoms with Crippen molar-refractivity contribution in [3.63, 3.8) is 0 Å². The Bertz CT molecular complexity index is 1230. The van der Waals surface area contributed by atoms with Gasteiger partial charge < -0.3 is 24.1 Å². The van der Waals surface area contributed by atoms with Crippen LogP contribution < -0.4 is 0 Å². The highest BCUT2D eigenvalue weighted by molar-refractivity contribution is 7.86. The zero-order chi connectivity index (χ0) is 25.1. The summed E-state index contributed by atoms with van der Waals surface area (Å²) < 4.78 is 55.9. The average Bonchev–Trinajstić information content (AvgIpc) is 2.92. The highest BCUT2D eigenvalue weighted by atomic mass is 32.2. The molecule has 36 heavy (non-hydrogen) atoms. The Morgan fingerprint density at radius 1 is 0.722 bits per heavy atom. The zero-order valence-corrected chi connectivity index (χ0v) is 20.5. The van der Waals surface area contributed by atoms with Crippen molar-refractivity contribution in [2.45, 2.75) is 48.8 Å². The van der Waals surface area contributed by atoms with Crippen molar-refractivity contribution < 1.29 is 36.7 Å². The van der Waals surface area contributed by atoms with E-state index in [1.54, 1.807) is 12.1 Å². The number of benzene rings is 3. The van der Waals surface area contributed by atoms with Crippen molar-refractivity contribution in [3.8, 4) is 0 Å². The number of aliphatic hydroxyl groups excluding tert-OH is 1. The molecule has 5 rings (SSSR count). The zero-order valence-electron chi connectivity index (χ0n) is 19.7. The van der Waals surface area contributed by atoms with E-state index >= 15 is 0 Å². The van der Waals surface area contributed by atoms with Gasteiger partial charge in [0.1, 0.15) is 24.4 Å². The summed E-state index contributed by atoms with van der Waals surface area (Å²) in [4.78, 5) is 0.0552. The van der Waals surface area contributed by atoms with E-state index < -0.39 is 47.1 Å². The van der Waals surface area contributed by atoms with Crippen molar-refractivity contribution in [2.75, 3.05) is 13.2 Å². The first kappa shape index (κ1) is 25.0. The number of fused-ring (bicyclic) bond motifs is 1. The van der Waals surface area contributed by atoms with Gasteiger partial charge in [-0.3, -0.25) is 4.18 Å². The second kappa shape index (κ2) is 10.8. The third-order valence-electron chi connectivity index (χ3n) is 6.24. The molecule has 2 saturated heterocycles. The van der Waals surface area contributed by atoms with Crippen LogP contribution in [0.2, 0.25) is 0 Å². The minimum Gasteiger partial charge on any atom is -0.394 e. The molecule has 0 amide bonds. The van der Waals surface area contributed by atoms with Gasteiger partial charge in [-0.1, -0.05) is 78.4 Å². The normalized spacial score (nSPS) is 28.4. The highest BCUT2D eigenvalue weighted by Gasteiger charge is 2.50. The largest absolute Gasteiger partial charge is 0.394 e. The number of ether oxygens (including phenoxy) is 4. The Balaban J connectivity index is 1.42. The maximum Gasteiger partial charge on any atom is 0.297 e. The molecule has 190 valence electrons. The number of hydrogen-bond donors (Lipinski definition) is 1. The molecule has 0 aliphatic carbocycles. The van der Waals surface area contributed by atoms with Gasteiger partial charge in [0.05, 0.1) is 18.1 Å². The quantitative estimate of drug-likeness (QED) is 0.479. The SMILES string of the molecule is Cc1ccc(S(=O)(=O)OCC2OC(c3ccccc3)OC3C(CO)OC(c4ccccc4)OC23)cc1. The van der Waals surface area contributed by atoms with Crippen LogP contribution in [0.15, 0.2) is 89.8 Å². The van der Waals surface area contributed by atoms with Crippen LogP contribution in [0.5, 0.6) is 0 Å². The Hall–Kier alpha value is -2.63.